The minimum atomic E-state index is -0.0147. The second-order valence-corrected chi connectivity index (χ2v) is 5.75. The summed E-state index contributed by atoms with van der Waals surface area (Å²) in [5, 5.41) is 6.78. The quantitative estimate of drug-likeness (QED) is 0.923. The summed E-state index contributed by atoms with van der Waals surface area (Å²) in [6.45, 7) is 0.603. The molecule has 0 aliphatic rings. The van der Waals surface area contributed by atoms with Crippen molar-refractivity contribution in [2.24, 2.45) is 0 Å². The summed E-state index contributed by atoms with van der Waals surface area (Å²) in [5.74, 6) is -0.0147. The van der Waals surface area contributed by atoms with Crippen molar-refractivity contribution in [3.05, 3.63) is 43.2 Å². The van der Waals surface area contributed by atoms with E-state index in [1.165, 1.54) is 16.2 Å². The molecule has 1 amide bonds. The van der Waals surface area contributed by atoms with E-state index in [9.17, 15) is 4.79 Å². The molecule has 0 bridgehead atoms. The van der Waals surface area contributed by atoms with Crippen molar-refractivity contribution in [1.29, 1.82) is 0 Å². The standard InChI is InChI=1S/C10H8BrNOS2/c11-7-4-9(15-6-7)10(13)12-5-8-2-1-3-14-8/h1-4,6H,5H2,(H,12,13). The van der Waals surface area contributed by atoms with E-state index in [1.807, 2.05) is 29.0 Å². The summed E-state index contributed by atoms with van der Waals surface area (Å²) in [7, 11) is 0. The summed E-state index contributed by atoms with van der Waals surface area (Å²) in [6, 6.07) is 5.82. The lowest BCUT2D eigenvalue weighted by atomic mass is 10.4. The topological polar surface area (TPSA) is 29.1 Å². The van der Waals surface area contributed by atoms with Gasteiger partial charge >= 0.3 is 0 Å². The molecule has 0 saturated carbocycles. The molecule has 0 unspecified atom stereocenters. The zero-order valence-corrected chi connectivity index (χ0v) is 10.9. The van der Waals surface area contributed by atoms with Crippen molar-refractivity contribution in [1.82, 2.24) is 5.32 Å². The maximum absolute atomic E-state index is 11.6. The van der Waals surface area contributed by atoms with Crippen LogP contribution in [0.1, 0.15) is 14.5 Å². The zero-order valence-electron chi connectivity index (χ0n) is 7.70. The van der Waals surface area contributed by atoms with Gasteiger partial charge in [0.25, 0.3) is 5.91 Å². The molecule has 2 nitrogen and oxygen atoms in total. The molecule has 0 aliphatic carbocycles. The Morgan fingerprint density at radius 3 is 2.93 bits per heavy atom. The summed E-state index contributed by atoms with van der Waals surface area (Å²) in [6.07, 6.45) is 0. The van der Waals surface area contributed by atoms with Gasteiger partial charge in [0.15, 0.2) is 0 Å². The van der Waals surface area contributed by atoms with Crippen LogP contribution in [0.5, 0.6) is 0 Å². The highest BCUT2D eigenvalue weighted by atomic mass is 79.9. The zero-order chi connectivity index (χ0) is 10.7. The lowest BCUT2D eigenvalue weighted by Gasteiger charge is -2.00. The highest BCUT2D eigenvalue weighted by Crippen LogP contribution is 2.19. The van der Waals surface area contributed by atoms with Gasteiger partial charge in [-0.05, 0) is 33.4 Å². The minimum absolute atomic E-state index is 0.0147. The van der Waals surface area contributed by atoms with Gasteiger partial charge in [0.2, 0.25) is 0 Å². The van der Waals surface area contributed by atoms with Crippen LogP contribution in [-0.2, 0) is 6.54 Å². The first-order valence-electron chi connectivity index (χ1n) is 4.30. The van der Waals surface area contributed by atoms with Gasteiger partial charge in [-0.15, -0.1) is 22.7 Å². The van der Waals surface area contributed by atoms with Gasteiger partial charge in [-0.1, -0.05) is 6.07 Å². The molecular weight excluding hydrogens is 294 g/mol. The van der Waals surface area contributed by atoms with E-state index in [4.69, 9.17) is 0 Å². The number of carbonyl (C=O) groups is 1. The Morgan fingerprint density at radius 1 is 1.47 bits per heavy atom. The molecule has 0 aliphatic heterocycles. The molecule has 0 fully saturated rings. The molecule has 2 aromatic rings. The SMILES string of the molecule is O=C(NCc1cccs1)c1cc(Br)cs1. The van der Waals surface area contributed by atoms with E-state index < -0.39 is 0 Å². The predicted octanol–water partition coefficient (Wildman–Crippen LogP) is 3.50. The van der Waals surface area contributed by atoms with E-state index in [-0.39, 0.29) is 5.91 Å². The fourth-order valence-corrected chi connectivity index (χ4v) is 3.09. The average Bonchev–Trinajstić information content (AvgIpc) is 2.84. The van der Waals surface area contributed by atoms with E-state index in [2.05, 4.69) is 21.2 Å². The van der Waals surface area contributed by atoms with Crippen LogP contribution in [0.15, 0.2) is 33.4 Å². The normalized spacial score (nSPS) is 10.2. The molecule has 0 radical (unpaired) electrons. The predicted molar refractivity (Wildman–Crippen MR) is 67.5 cm³/mol. The van der Waals surface area contributed by atoms with Crippen LogP contribution in [0.3, 0.4) is 0 Å². The summed E-state index contributed by atoms with van der Waals surface area (Å²) in [5.41, 5.74) is 0. The first kappa shape index (κ1) is 10.9. The Kier molecular flexibility index (Phi) is 3.56. The number of carbonyl (C=O) groups excluding carboxylic acids is 1. The van der Waals surface area contributed by atoms with Gasteiger partial charge in [-0.3, -0.25) is 4.79 Å². The number of amides is 1. The maximum atomic E-state index is 11.6. The third-order valence-corrected chi connectivity index (χ3v) is 4.36. The van der Waals surface area contributed by atoms with Crippen molar-refractivity contribution in [3.8, 4) is 0 Å². The molecule has 0 aromatic carbocycles. The second-order valence-electron chi connectivity index (χ2n) is 2.89. The molecule has 2 rings (SSSR count). The van der Waals surface area contributed by atoms with Crippen LogP contribution < -0.4 is 5.32 Å². The fraction of sp³-hybridized carbons (Fsp3) is 0.100. The molecule has 15 heavy (non-hydrogen) atoms. The minimum Gasteiger partial charge on any atom is -0.346 e. The first-order chi connectivity index (χ1) is 7.25. The molecule has 0 atom stereocenters. The van der Waals surface area contributed by atoms with Crippen molar-refractivity contribution in [3.63, 3.8) is 0 Å². The summed E-state index contributed by atoms with van der Waals surface area (Å²) in [4.78, 5) is 13.5. The van der Waals surface area contributed by atoms with Gasteiger partial charge in [-0.25, -0.2) is 0 Å². The summed E-state index contributed by atoms with van der Waals surface area (Å²) >= 11 is 6.41. The third-order valence-electron chi connectivity index (χ3n) is 1.79. The van der Waals surface area contributed by atoms with Crippen molar-refractivity contribution in [2.75, 3.05) is 0 Å². The smallest absolute Gasteiger partial charge is 0.261 e. The van der Waals surface area contributed by atoms with Gasteiger partial charge < -0.3 is 5.32 Å². The first-order valence-corrected chi connectivity index (χ1v) is 6.85. The number of nitrogens with one attached hydrogen (secondary N) is 1. The molecule has 0 spiro atoms. The molecule has 0 saturated heterocycles. The van der Waals surface area contributed by atoms with Crippen LogP contribution in [0.4, 0.5) is 0 Å². The maximum Gasteiger partial charge on any atom is 0.261 e. The van der Waals surface area contributed by atoms with Gasteiger partial charge in [-0.2, -0.15) is 0 Å². The van der Waals surface area contributed by atoms with Gasteiger partial charge in [0.1, 0.15) is 0 Å². The number of hydrogen-bond donors (Lipinski definition) is 1. The van der Waals surface area contributed by atoms with Gasteiger partial charge in [0.05, 0.1) is 11.4 Å². The number of hydrogen-bond acceptors (Lipinski definition) is 3. The Bertz CT molecular complexity index is 450. The molecule has 2 heterocycles. The Morgan fingerprint density at radius 2 is 2.33 bits per heavy atom. The molecule has 1 N–H and O–H groups in total. The second kappa shape index (κ2) is 4.92. The number of thiophene rings is 2. The Hall–Kier alpha value is -0.650. The monoisotopic (exact) mass is 301 g/mol. The van der Waals surface area contributed by atoms with Gasteiger partial charge in [0, 0.05) is 14.7 Å². The van der Waals surface area contributed by atoms with E-state index >= 15 is 0 Å². The Balaban J connectivity index is 1.93. The lowest BCUT2D eigenvalue weighted by Crippen LogP contribution is -2.21. The fourth-order valence-electron chi connectivity index (χ4n) is 1.10. The van der Waals surface area contributed by atoms with E-state index in [1.54, 1.807) is 11.3 Å². The van der Waals surface area contributed by atoms with Crippen molar-refractivity contribution >= 4 is 44.5 Å². The van der Waals surface area contributed by atoms with E-state index in [0.29, 0.717) is 6.54 Å². The average molecular weight is 302 g/mol. The van der Waals surface area contributed by atoms with Crippen LogP contribution >= 0.6 is 38.6 Å². The highest BCUT2D eigenvalue weighted by Gasteiger charge is 2.07. The van der Waals surface area contributed by atoms with Crippen LogP contribution in [0.2, 0.25) is 0 Å². The van der Waals surface area contributed by atoms with Crippen LogP contribution in [0.25, 0.3) is 0 Å². The highest BCUT2D eigenvalue weighted by molar-refractivity contribution is 9.10. The molecular formula is C10H8BrNOS2. The van der Waals surface area contributed by atoms with Crippen molar-refractivity contribution < 1.29 is 4.79 Å². The van der Waals surface area contributed by atoms with Crippen LogP contribution in [-0.4, -0.2) is 5.91 Å². The summed E-state index contributed by atoms with van der Waals surface area (Å²) < 4.78 is 0.953. The lowest BCUT2D eigenvalue weighted by molar-refractivity contribution is 0.0955. The van der Waals surface area contributed by atoms with E-state index in [0.717, 1.165) is 9.35 Å². The molecule has 2 aromatic heterocycles. The van der Waals surface area contributed by atoms with Crippen molar-refractivity contribution in [2.45, 2.75) is 6.54 Å². The number of rotatable bonds is 3. The number of halogens is 1. The molecule has 78 valence electrons. The molecule has 5 heteroatoms. The van der Waals surface area contributed by atoms with Crippen LogP contribution in [0, 0.1) is 0 Å². The largest absolute Gasteiger partial charge is 0.346 e. The Labute approximate surface area is 104 Å². The third kappa shape index (κ3) is 2.90.